The number of hydrogen-bond donors (Lipinski definition) is 1. The van der Waals surface area contributed by atoms with Gasteiger partial charge in [-0.2, -0.15) is 0 Å². The van der Waals surface area contributed by atoms with Crippen LogP contribution in [0.15, 0.2) is 18.2 Å². The highest BCUT2D eigenvalue weighted by molar-refractivity contribution is 5.21. The van der Waals surface area contributed by atoms with Gasteiger partial charge >= 0.3 is 0 Å². The maximum Gasteiger partial charge on any atom is 0.164 e. The SMILES string of the molecule is OC(CCN1CCC2CCCCC21)c1cccc(F)c1F. The second-order valence-electron chi connectivity index (χ2n) is 6.38. The number of aliphatic hydroxyl groups is 1. The van der Waals surface area contributed by atoms with Crippen molar-refractivity contribution in [3.63, 3.8) is 0 Å². The summed E-state index contributed by atoms with van der Waals surface area (Å²) in [4.78, 5) is 2.43. The molecule has 0 amide bonds. The van der Waals surface area contributed by atoms with Gasteiger partial charge < -0.3 is 5.11 Å². The lowest BCUT2D eigenvalue weighted by Crippen LogP contribution is -2.35. The van der Waals surface area contributed by atoms with Gasteiger partial charge in [-0.3, -0.25) is 4.90 Å². The Morgan fingerprint density at radius 1 is 1.19 bits per heavy atom. The van der Waals surface area contributed by atoms with Crippen LogP contribution in [0, 0.1) is 17.6 Å². The van der Waals surface area contributed by atoms with Crippen LogP contribution in [0.1, 0.15) is 50.2 Å². The molecule has 1 saturated heterocycles. The fraction of sp³-hybridized carbons (Fsp3) is 0.647. The van der Waals surface area contributed by atoms with E-state index in [0.717, 1.165) is 25.1 Å². The second-order valence-corrected chi connectivity index (χ2v) is 6.38. The molecule has 0 radical (unpaired) electrons. The van der Waals surface area contributed by atoms with Crippen LogP contribution in [0.25, 0.3) is 0 Å². The Morgan fingerprint density at radius 3 is 2.86 bits per heavy atom. The third-order valence-corrected chi connectivity index (χ3v) is 5.16. The van der Waals surface area contributed by atoms with E-state index in [1.54, 1.807) is 0 Å². The largest absolute Gasteiger partial charge is 0.388 e. The van der Waals surface area contributed by atoms with E-state index in [1.165, 1.54) is 44.2 Å². The Labute approximate surface area is 124 Å². The van der Waals surface area contributed by atoms with Crippen molar-refractivity contribution in [1.29, 1.82) is 0 Å². The van der Waals surface area contributed by atoms with E-state index in [2.05, 4.69) is 4.90 Å². The van der Waals surface area contributed by atoms with Crippen LogP contribution >= 0.6 is 0 Å². The fourth-order valence-electron chi connectivity index (χ4n) is 4.00. The summed E-state index contributed by atoms with van der Waals surface area (Å²) >= 11 is 0. The molecule has 0 spiro atoms. The van der Waals surface area contributed by atoms with Gasteiger partial charge in [0.25, 0.3) is 0 Å². The molecule has 3 unspecified atom stereocenters. The lowest BCUT2D eigenvalue weighted by Gasteiger charge is -2.32. The van der Waals surface area contributed by atoms with E-state index >= 15 is 0 Å². The first kappa shape index (κ1) is 14.9. The molecule has 21 heavy (non-hydrogen) atoms. The molecule has 4 heteroatoms. The Hall–Kier alpha value is -1.00. The first-order chi connectivity index (χ1) is 10.2. The Bertz CT molecular complexity index is 494. The lowest BCUT2D eigenvalue weighted by molar-refractivity contribution is 0.120. The maximum absolute atomic E-state index is 13.7. The zero-order valence-electron chi connectivity index (χ0n) is 12.3. The van der Waals surface area contributed by atoms with Crippen LogP contribution in [0.4, 0.5) is 8.78 Å². The highest BCUT2D eigenvalue weighted by Gasteiger charge is 2.35. The monoisotopic (exact) mass is 295 g/mol. The summed E-state index contributed by atoms with van der Waals surface area (Å²) in [7, 11) is 0. The van der Waals surface area contributed by atoms with E-state index in [4.69, 9.17) is 0 Å². The molecule has 1 aromatic rings. The predicted molar refractivity (Wildman–Crippen MR) is 77.9 cm³/mol. The summed E-state index contributed by atoms with van der Waals surface area (Å²) in [6.07, 6.45) is 5.98. The zero-order chi connectivity index (χ0) is 14.8. The molecule has 3 rings (SSSR count). The van der Waals surface area contributed by atoms with E-state index < -0.39 is 17.7 Å². The molecule has 116 valence electrons. The minimum absolute atomic E-state index is 0.0781. The van der Waals surface area contributed by atoms with Crippen LogP contribution in [-0.2, 0) is 0 Å². The Balaban J connectivity index is 1.58. The number of benzene rings is 1. The molecular weight excluding hydrogens is 272 g/mol. The quantitative estimate of drug-likeness (QED) is 0.916. The third-order valence-electron chi connectivity index (χ3n) is 5.16. The molecule has 1 aromatic carbocycles. The van der Waals surface area contributed by atoms with E-state index in [0.29, 0.717) is 12.5 Å². The maximum atomic E-state index is 13.7. The molecule has 1 aliphatic heterocycles. The minimum atomic E-state index is -0.927. The zero-order valence-corrected chi connectivity index (χ0v) is 12.3. The lowest BCUT2D eigenvalue weighted by atomic mass is 9.85. The molecule has 0 bridgehead atoms. The topological polar surface area (TPSA) is 23.5 Å². The molecular formula is C17H23F2NO. The molecule has 1 N–H and O–H groups in total. The number of likely N-dealkylation sites (tertiary alicyclic amines) is 1. The van der Waals surface area contributed by atoms with Crippen LogP contribution in [0.2, 0.25) is 0 Å². The summed E-state index contributed by atoms with van der Waals surface area (Å²) in [5, 5.41) is 10.1. The molecule has 2 nitrogen and oxygen atoms in total. The average molecular weight is 295 g/mol. The van der Waals surface area contributed by atoms with Gasteiger partial charge in [0.05, 0.1) is 6.10 Å². The molecule has 0 aromatic heterocycles. The van der Waals surface area contributed by atoms with Crippen LogP contribution in [0.5, 0.6) is 0 Å². The average Bonchev–Trinajstić information content (AvgIpc) is 2.91. The van der Waals surface area contributed by atoms with Crippen molar-refractivity contribution in [2.75, 3.05) is 13.1 Å². The smallest absolute Gasteiger partial charge is 0.164 e. The van der Waals surface area contributed by atoms with Gasteiger partial charge in [0, 0.05) is 18.2 Å². The van der Waals surface area contributed by atoms with Crippen molar-refractivity contribution in [2.24, 2.45) is 5.92 Å². The van der Waals surface area contributed by atoms with Gasteiger partial charge in [-0.1, -0.05) is 25.0 Å². The number of nitrogens with zero attached hydrogens (tertiary/aromatic N) is 1. The Morgan fingerprint density at radius 2 is 2.00 bits per heavy atom. The number of rotatable bonds is 4. The second kappa shape index (κ2) is 6.41. The summed E-state index contributed by atoms with van der Waals surface area (Å²) in [6, 6.07) is 4.64. The van der Waals surface area contributed by atoms with Crippen molar-refractivity contribution in [3.05, 3.63) is 35.4 Å². The molecule has 1 aliphatic carbocycles. The first-order valence-electron chi connectivity index (χ1n) is 8.03. The van der Waals surface area contributed by atoms with Crippen LogP contribution in [-0.4, -0.2) is 29.1 Å². The summed E-state index contributed by atoms with van der Waals surface area (Å²) < 4.78 is 26.9. The number of hydrogen-bond acceptors (Lipinski definition) is 2. The molecule has 2 fully saturated rings. The highest BCUT2D eigenvalue weighted by atomic mass is 19.2. The molecule has 3 atom stereocenters. The van der Waals surface area contributed by atoms with Crippen LogP contribution in [0.3, 0.4) is 0 Å². The van der Waals surface area contributed by atoms with E-state index in [-0.39, 0.29) is 5.56 Å². The number of aliphatic hydroxyl groups excluding tert-OH is 1. The van der Waals surface area contributed by atoms with E-state index in [1.807, 2.05) is 0 Å². The normalized spacial score (nSPS) is 27.6. The summed E-state index contributed by atoms with van der Waals surface area (Å²) in [5.41, 5.74) is 0.0781. The van der Waals surface area contributed by atoms with Gasteiger partial charge in [0.15, 0.2) is 11.6 Å². The van der Waals surface area contributed by atoms with Gasteiger partial charge in [-0.25, -0.2) is 8.78 Å². The molecule has 1 heterocycles. The van der Waals surface area contributed by atoms with Gasteiger partial charge in [-0.15, -0.1) is 0 Å². The Kier molecular flexibility index (Phi) is 4.55. The van der Waals surface area contributed by atoms with Crippen molar-refractivity contribution in [1.82, 2.24) is 4.90 Å². The standard InChI is InChI=1S/C17H23F2NO/c18-14-6-3-5-13(17(14)19)16(21)9-11-20-10-8-12-4-1-2-7-15(12)20/h3,5-6,12,15-16,21H,1-2,4,7-11H2. The number of halogens is 2. The highest BCUT2D eigenvalue weighted by Crippen LogP contribution is 2.36. The third kappa shape index (κ3) is 3.11. The van der Waals surface area contributed by atoms with Crippen molar-refractivity contribution < 1.29 is 13.9 Å². The van der Waals surface area contributed by atoms with Gasteiger partial charge in [-0.05, 0) is 44.2 Å². The minimum Gasteiger partial charge on any atom is -0.388 e. The van der Waals surface area contributed by atoms with Gasteiger partial charge in [0.2, 0.25) is 0 Å². The fourth-order valence-corrected chi connectivity index (χ4v) is 4.00. The predicted octanol–water partition coefficient (Wildman–Crippen LogP) is 3.65. The van der Waals surface area contributed by atoms with Crippen molar-refractivity contribution in [2.45, 2.75) is 50.7 Å². The summed E-state index contributed by atoms with van der Waals surface area (Å²) in [5.74, 6) is -0.996. The van der Waals surface area contributed by atoms with Crippen LogP contribution < -0.4 is 0 Å². The van der Waals surface area contributed by atoms with Gasteiger partial charge in [0.1, 0.15) is 0 Å². The first-order valence-corrected chi connectivity index (χ1v) is 8.03. The molecule has 1 saturated carbocycles. The van der Waals surface area contributed by atoms with E-state index in [9.17, 15) is 13.9 Å². The molecule has 2 aliphatic rings. The van der Waals surface area contributed by atoms with Crippen molar-refractivity contribution >= 4 is 0 Å². The van der Waals surface area contributed by atoms with Crippen molar-refractivity contribution in [3.8, 4) is 0 Å². The number of fused-ring (bicyclic) bond motifs is 1. The summed E-state index contributed by atoms with van der Waals surface area (Å²) in [6.45, 7) is 1.84.